The van der Waals surface area contributed by atoms with E-state index in [1.165, 1.54) is 5.56 Å². The van der Waals surface area contributed by atoms with Crippen molar-refractivity contribution in [2.24, 2.45) is 5.41 Å². The number of amides is 1. The van der Waals surface area contributed by atoms with E-state index in [0.29, 0.717) is 19.6 Å². The maximum absolute atomic E-state index is 11.8. The van der Waals surface area contributed by atoms with Gasteiger partial charge in [-0.3, -0.25) is 4.79 Å². The van der Waals surface area contributed by atoms with Gasteiger partial charge in [0.2, 0.25) is 5.91 Å². The summed E-state index contributed by atoms with van der Waals surface area (Å²) < 4.78 is 5.73. The van der Waals surface area contributed by atoms with Gasteiger partial charge in [-0.05, 0) is 56.4 Å². The molecule has 0 aromatic heterocycles. The highest BCUT2D eigenvalue weighted by atomic mass is 16.5. The number of hydrogen-bond acceptors (Lipinski definition) is 3. The van der Waals surface area contributed by atoms with Crippen LogP contribution in [0.25, 0.3) is 0 Å². The van der Waals surface area contributed by atoms with E-state index in [1.54, 1.807) is 0 Å². The van der Waals surface area contributed by atoms with E-state index in [1.807, 2.05) is 19.9 Å². The Morgan fingerprint density at radius 3 is 2.67 bits per heavy atom. The molecule has 0 aliphatic heterocycles. The lowest BCUT2D eigenvalue weighted by Gasteiger charge is -2.14. The first-order chi connectivity index (χ1) is 9.96. The lowest BCUT2D eigenvalue weighted by atomic mass is 10.1. The van der Waals surface area contributed by atoms with E-state index < -0.39 is 0 Å². The summed E-state index contributed by atoms with van der Waals surface area (Å²) in [6, 6.07) is 4.13. The summed E-state index contributed by atoms with van der Waals surface area (Å²) in [5, 5.41) is 12.1. The SMILES string of the molecule is Cc1cc(C)c(C)c(OCCC(=O)NCC2(CO)CC2)c1. The molecule has 2 rings (SSSR count). The lowest BCUT2D eigenvalue weighted by Crippen LogP contribution is -2.32. The van der Waals surface area contributed by atoms with Crippen molar-refractivity contribution in [1.82, 2.24) is 5.32 Å². The average Bonchev–Trinajstić information content (AvgIpc) is 3.22. The van der Waals surface area contributed by atoms with Gasteiger partial charge in [0.05, 0.1) is 19.6 Å². The number of carbonyl (C=O) groups is 1. The van der Waals surface area contributed by atoms with Crippen LogP contribution in [0.1, 0.15) is 36.0 Å². The lowest BCUT2D eigenvalue weighted by molar-refractivity contribution is -0.121. The molecule has 0 spiro atoms. The molecule has 1 aliphatic carbocycles. The number of hydrogen-bond donors (Lipinski definition) is 2. The molecule has 1 saturated carbocycles. The molecule has 0 unspecified atom stereocenters. The van der Waals surface area contributed by atoms with Crippen molar-refractivity contribution >= 4 is 5.91 Å². The molecule has 1 aliphatic rings. The zero-order valence-electron chi connectivity index (χ0n) is 13.2. The summed E-state index contributed by atoms with van der Waals surface area (Å²) in [5.41, 5.74) is 3.45. The standard InChI is InChI=1S/C17H25NO3/c1-12-8-13(2)14(3)15(9-12)21-7-4-16(20)18-10-17(11-19)5-6-17/h8-9,19H,4-7,10-11H2,1-3H3,(H,18,20). The van der Waals surface area contributed by atoms with Crippen LogP contribution in [0.5, 0.6) is 5.75 Å². The Kier molecular flexibility index (Phi) is 4.88. The number of aliphatic hydroxyl groups excluding tert-OH is 1. The van der Waals surface area contributed by atoms with Crippen LogP contribution in [0.15, 0.2) is 12.1 Å². The molecular weight excluding hydrogens is 266 g/mol. The Labute approximate surface area is 126 Å². The third kappa shape index (κ3) is 4.21. The Morgan fingerprint density at radius 1 is 1.33 bits per heavy atom. The maximum atomic E-state index is 11.8. The second-order valence-corrected chi connectivity index (χ2v) is 6.24. The fourth-order valence-corrected chi connectivity index (χ4v) is 2.35. The van der Waals surface area contributed by atoms with E-state index in [-0.39, 0.29) is 17.9 Å². The monoisotopic (exact) mass is 291 g/mol. The second-order valence-electron chi connectivity index (χ2n) is 6.24. The van der Waals surface area contributed by atoms with Gasteiger partial charge in [0, 0.05) is 12.0 Å². The van der Waals surface area contributed by atoms with E-state index in [4.69, 9.17) is 4.74 Å². The van der Waals surface area contributed by atoms with Gasteiger partial charge in [-0.2, -0.15) is 0 Å². The Bertz CT molecular complexity index is 521. The number of rotatable bonds is 7. The molecule has 0 bridgehead atoms. The largest absolute Gasteiger partial charge is 0.493 e. The molecule has 4 heteroatoms. The first-order valence-electron chi connectivity index (χ1n) is 7.54. The average molecular weight is 291 g/mol. The number of aliphatic hydroxyl groups is 1. The van der Waals surface area contributed by atoms with E-state index in [0.717, 1.165) is 29.7 Å². The quantitative estimate of drug-likeness (QED) is 0.810. The minimum absolute atomic E-state index is 0.0169. The summed E-state index contributed by atoms with van der Waals surface area (Å²) in [7, 11) is 0. The Hall–Kier alpha value is -1.55. The highest BCUT2D eigenvalue weighted by molar-refractivity contribution is 5.76. The molecule has 2 N–H and O–H groups in total. The zero-order chi connectivity index (χ0) is 15.5. The van der Waals surface area contributed by atoms with Gasteiger partial charge in [-0.15, -0.1) is 0 Å². The molecular formula is C17H25NO3. The molecule has 0 saturated heterocycles. The van der Waals surface area contributed by atoms with Crippen LogP contribution in [-0.4, -0.2) is 30.8 Å². The normalized spacial score (nSPS) is 15.6. The number of benzene rings is 1. The molecule has 0 heterocycles. The molecule has 1 aromatic carbocycles. The third-order valence-corrected chi connectivity index (χ3v) is 4.30. The van der Waals surface area contributed by atoms with E-state index in [2.05, 4.69) is 18.3 Å². The molecule has 1 fully saturated rings. The zero-order valence-corrected chi connectivity index (χ0v) is 13.2. The summed E-state index contributed by atoms with van der Waals surface area (Å²) in [5.74, 6) is 0.839. The van der Waals surface area contributed by atoms with Crippen molar-refractivity contribution in [2.75, 3.05) is 19.8 Å². The van der Waals surface area contributed by atoms with Crippen LogP contribution < -0.4 is 10.1 Å². The minimum atomic E-state index is -0.0409. The van der Waals surface area contributed by atoms with Crippen molar-refractivity contribution in [3.8, 4) is 5.75 Å². The first-order valence-corrected chi connectivity index (χ1v) is 7.54. The predicted molar refractivity (Wildman–Crippen MR) is 82.5 cm³/mol. The maximum Gasteiger partial charge on any atom is 0.223 e. The second kappa shape index (κ2) is 6.48. The van der Waals surface area contributed by atoms with Crippen molar-refractivity contribution in [3.05, 3.63) is 28.8 Å². The van der Waals surface area contributed by atoms with Crippen LogP contribution in [0.3, 0.4) is 0 Å². The van der Waals surface area contributed by atoms with Crippen molar-refractivity contribution in [1.29, 1.82) is 0 Å². The smallest absolute Gasteiger partial charge is 0.223 e. The van der Waals surface area contributed by atoms with Gasteiger partial charge in [0.1, 0.15) is 5.75 Å². The number of ether oxygens (including phenoxy) is 1. The van der Waals surface area contributed by atoms with Crippen molar-refractivity contribution in [3.63, 3.8) is 0 Å². The summed E-state index contributed by atoms with van der Waals surface area (Å²) in [6.45, 7) is 7.24. The van der Waals surface area contributed by atoms with Crippen LogP contribution in [0.4, 0.5) is 0 Å². The molecule has 21 heavy (non-hydrogen) atoms. The van der Waals surface area contributed by atoms with Gasteiger partial charge >= 0.3 is 0 Å². The van der Waals surface area contributed by atoms with E-state index in [9.17, 15) is 9.90 Å². The van der Waals surface area contributed by atoms with Gasteiger partial charge < -0.3 is 15.2 Å². The van der Waals surface area contributed by atoms with Gasteiger partial charge in [0.25, 0.3) is 0 Å². The van der Waals surface area contributed by atoms with Gasteiger partial charge in [-0.1, -0.05) is 6.07 Å². The molecule has 4 nitrogen and oxygen atoms in total. The van der Waals surface area contributed by atoms with Gasteiger partial charge in [-0.25, -0.2) is 0 Å². The van der Waals surface area contributed by atoms with E-state index >= 15 is 0 Å². The highest BCUT2D eigenvalue weighted by Gasteiger charge is 2.41. The van der Waals surface area contributed by atoms with Crippen LogP contribution in [0.2, 0.25) is 0 Å². The summed E-state index contributed by atoms with van der Waals surface area (Å²) in [4.78, 5) is 11.8. The van der Waals surface area contributed by atoms with Crippen molar-refractivity contribution < 1.29 is 14.6 Å². The first kappa shape index (κ1) is 15.8. The summed E-state index contributed by atoms with van der Waals surface area (Å²) >= 11 is 0. The molecule has 0 radical (unpaired) electrons. The Balaban J connectivity index is 1.75. The minimum Gasteiger partial charge on any atom is -0.493 e. The third-order valence-electron chi connectivity index (χ3n) is 4.30. The topological polar surface area (TPSA) is 58.6 Å². The molecule has 1 aromatic rings. The Morgan fingerprint density at radius 2 is 2.05 bits per heavy atom. The van der Waals surface area contributed by atoms with Crippen LogP contribution in [0, 0.1) is 26.2 Å². The fourth-order valence-electron chi connectivity index (χ4n) is 2.35. The predicted octanol–water partition coefficient (Wildman–Crippen LogP) is 2.27. The van der Waals surface area contributed by atoms with Crippen LogP contribution in [-0.2, 0) is 4.79 Å². The molecule has 1 amide bonds. The number of nitrogens with one attached hydrogen (secondary N) is 1. The molecule has 116 valence electrons. The fraction of sp³-hybridized carbons (Fsp3) is 0.588. The van der Waals surface area contributed by atoms with Crippen molar-refractivity contribution in [2.45, 2.75) is 40.0 Å². The molecule has 0 atom stereocenters. The van der Waals surface area contributed by atoms with Crippen LogP contribution >= 0.6 is 0 Å². The summed E-state index contributed by atoms with van der Waals surface area (Å²) in [6.07, 6.45) is 2.35. The number of carbonyl (C=O) groups excluding carboxylic acids is 1. The van der Waals surface area contributed by atoms with Gasteiger partial charge in [0.15, 0.2) is 0 Å². The highest BCUT2D eigenvalue weighted by Crippen LogP contribution is 2.44. The number of aryl methyl sites for hydroxylation is 2.